The molecule has 7 nitrogen and oxygen atoms in total. The summed E-state index contributed by atoms with van der Waals surface area (Å²) in [7, 11) is 0. The van der Waals surface area contributed by atoms with Crippen molar-refractivity contribution in [2.24, 2.45) is 0 Å². The summed E-state index contributed by atoms with van der Waals surface area (Å²) in [5.41, 5.74) is 1.92. The fourth-order valence-corrected chi connectivity index (χ4v) is 2.60. The highest BCUT2D eigenvalue weighted by Gasteiger charge is 2.10. The van der Waals surface area contributed by atoms with Gasteiger partial charge in [0.15, 0.2) is 0 Å². The summed E-state index contributed by atoms with van der Waals surface area (Å²) in [5, 5.41) is 9.91. The number of urea groups is 1. The molecule has 0 saturated carbocycles. The Labute approximate surface area is 141 Å². The minimum absolute atomic E-state index is 0.178. The Kier molecular flexibility index (Phi) is 5.81. The van der Waals surface area contributed by atoms with E-state index >= 15 is 0 Å². The Hall–Kier alpha value is -2.38. The molecule has 24 heavy (non-hydrogen) atoms. The Balaban J connectivity index is 1.39. The topological polar surface area (TPSA) is 71.4 Å². The number of hydrogen-bond acceptors (Lipinski definition) is 4. The molecular formula is C17H23N5O2. The molecule has 1 aromatic carbocycles. The van der Waals surface area contributed by atoms with Gasteiger partial charge in [-0.05, 0) is 23.8 Å². The molecule has 7 heteroatoms. The van der Waals surface area contributed by atoms with Crippen LogP contribution in [0.15, 0.2) is 42.7 Å². The van der Waals surface area contributed by atoms with Crippen LogP contribution in [0.1, 0.15) is 5.56 Å². The molecule has 2 heterocycles. The smallest absolute Gasteiger partial charge is 0.319 e. The van der Waals surface area contributed by atoms with E-state index in [9.17, 15) is 4.79 Å². The first-order valence-electron chi connectivity index (χ1n) is 8.21. The molecule has 0 bridgehead atoms. The number of anilines is 1. The number of ether oxygens (including phenoxy) is 1. The van der Waals surface area contributed by atoms with Crippen molar-refractivity contribution in [3.05, 3.63) is 48.3 Å². The van der Waals surface area contributed by atoms with E-state index in [1.165, 1.54) is 0 Å². The Morgan fingerprint density at radius 2 is 2.00 bits per heavy atom. The minimum atomic E-state index is -0.178. The molecule has 0 unspecified atom stereocenters. The molecule has 1 aliphatic rings. The van der Waals surface area contributed by atoms with E-state index in [4.69, 9.17) is 4.74 Å². The van der Waals surface area contributed by atoms with Crippen LogP contribution in [0.5, 0.6) is 0 Å². The maximum absolute atomic E-state index is 11.9. The average molecular weight is 329 g/mol. The van der Waals surface area contributed by atoms with Gasteiger partial charge in [-0.2, -0.15) is 5.10 Å². The number of hydrogen-bond donors (Lipinski definition) is 2. The average Bonchev–Trinajstić information content (AvgIpc) is 3.11. The first-order valence-corrected chi connectivity index (χ1v) is 8.21. The summed E-state index contributed by atoms with van der Waals surface area (Å²) in [6, 6.07) is 9.51. The fourth-order valence-electron chi connectivity index (χ4n) is 2.60. The molecule has 2 N–H and O–H groups in total. The first kappa shape index (κ1) is 16.5. The molecular weight excluding hydrogens is 306 g/mol. The van der Waals surface area contributed by atoms with Crippen LogP contribution in [-0.4, -0.2) is 60.1 Å². The maximum Gasteiger partial charge on any atom is 0.319 e. The number of rotatable bonds is 6. The largest absolute Gasteiger partial charge is 0.379 e. The van der Waals surface area contributed by atoms with Crippen molar-refractivity contribution in [3.8, 4) is 0 Å². The maximum atomic E-state index is 11.9. The van der Waals surface area contributed by atoms with Crippen molar-refractivity contribution in [1.82, 2.24) is 20.0 Å². The summed E-state index contributed by atoms with van der Waals surface area (Å²) in [6.07, 6.45) is 3.69. The molecule has 128 valence electrons. The number of aromatic nitrogens is 2. The number of nitrogens with one attached hydrogen (secondary N) is 2. The predicted octanol–water partition coefficient (Wildman–Crippen LogP) is 1.39. The fraction of sp³-hybridized carbons (Fsp3) is 0.412. The lowest BCUT2D eigenvalue weighted by molar-refractivity contribution is 0.0388. The highest BCUT2D eigenvalue weighted by molar-refractivity contribution is 5.89. The van der Waals surface area contributed by atoms with Crippen molar-refractivity contribution < 1.29 is 9.53 Å². The number of carbonyl (C=O) groups excluding carboxylic acids is 1. The van der Waals surface area contributed by atoms with Crippen molar-refractivity contribution >= 4 is 11.7 Å². The van der Waals surface area contributed by atoms with Crippen LogP contribution >= 0.6 is 0 Å². The quantitative estimate of drug-likeness (QED) is 0.840. The van der Waals surface area contributed by atoms with Crippen LogP contribution in [0.2, 0.25) is 0 Å². The second-order valence-corrected chi connectivity index (χ2v) is 5.74. The van der Waals surface area contributed by atoms with Gasteiger partial charge in [-0.1, -0.05) is 12.1 Å². The van der Waals surface area contributed by atoms with Gasteiger partial charge in [0, 0.05) is 44.3 Å². The monoisotopic (exact) mass is 329 g/mol. The van der Waals surface area contributed by atoms with E-state index in [1.807, 2.05) is 41.2 Å². The molecule has 0 aliphatic carbocycles. The summed E-state index contributed by atoms with van der Waals surface area (Å²) >= 11 is 0. The summed E-state index contributed by atoms with van der Waals surface area (Å²) in [5.74, 6) is 0. The molecule has 1 aliphatic heterocycles. The van der Waals surface area contributed by atoms with E-state index in [-0.39, 0.29) is 6.03 Å². The molecule has 1 saturated heterocycles. The molecule has 3 rings (SSSR count). The number of carbonyl (C=O) groups is 1. The zero-order valence-corrected chi connectivity index (χ0v) is 13.6. The molecule has 2 aromatic rings. The number of nitrogens with zero attached hydrogens (tertiary/aromatic N) is 3. The van der Waals surface area contributed by atoms with E-state index < -0.39 is 0 Å². The van der Waals surface area contributed by atoms with Gasteiger partial charge in [-0.25, -0.2) is 4.79 Å². The van der Waals surface area contributed by atoms with Crippen LogP contribution in [0.4, 0.5) is 10.5 Å². The van der Waals surface area contributed by atoms with Crippen LogP contribution in [0.25, 0.3) is 0 Å². The second kappa shape index (κ2) is 8.47. The molecule has 0 radical (unpaired) electrons. The summed E-state index contributed by atoms with van der Waals surface area (Å²) in [4.78, 5) is 14.2. The Morgan fingerprint density at radius 3 is 2.71 bits per heavy atom. The normalized spacial score (nSPS) is 15.2. The van der Waals surface area contributed by atoms with Gasteiger partial charge in [-0.3, -0.25) is 9.58 Å². The van der Waals surface area contributed by atoms with Gasteiger partial charge in [0.25, 0.3) is 0 Å². The van der Waals surface area contributed by atoms with E-state index in [1.54, 1.807) is 6.20 Å². The third-order valence-electron chi connectivity index (χ3n) is 3.93. The van der Waals surface area contributed by atoms with Crippen molar-refractivity contribution in [1.29, 1.82) is 0 Å². The van der Waals surface area contributed by atoms with Gasteiger partial charge in [0.1, 0.15) is 0 Å². The van der Waals surface area contributed by atoms with Crippen LogP contribution in [0.3, 0.4) is 0 Å². The van der Waals surface area contributed by atoms with Gasteiger partial charge < -0.3 is 15.4 Å². The van der Waals surface area contributed by atoms with Crippen LogP contribution in [-0.2, 0) is 11.3 Å². The van der Waals surface area contributed by atoms with E-state index in [0.29, 0.717) is 6.54 Å². The lowest BCUT2D eigenvalue weighted by Gasteiger charge is -2.26. The van der Waals surface area contributed by atoms with Gasteiger partial charge in [0.2, 0.25) is 0 Å². The minimum Gasteiger partial charge on any atom is -0.379 e. The van der Waals surface area contributed by atoms with E-state index in [0.717, 1.165) is 50.6 Å². The molecule has 2 amide bonds. The standard InChI is InChI=1S/C17H23N5O2/c23-17(18-7-9-21-10-12-24-13-11-21)20-16-4-2-15(3-5-16)14-22-8-1-6-19-22/h1-6,8H,7,9-14H2,(H2,18,20,23). The third kappa shape index (κ3) is 5.07. The lowest BCUT2D eigenvalue weighted by atomic mass is 10.2. The van der Waals surface area contributed by atoms with E-state index in [2.05, 4.69) is 20.6 Å². The van der Waals surface area contributed by atoms with Gasteiger partial charge in [-0.15, -0.1) is 0 Å². The van der Waals surface area contributed by atoms with Crippen molar-refractivity contribution in [3.63, 3.8) is 0 Å². The number of amides is 2. The Morgan fingerprint density at radius 1 is 1.21 bits per heavy atom. The number of benzene rings is 1. The van der Waals surface area contributed by atoms with Gasteiger partial charge in [0.05, 0.1) is 19.8 Å². The molecule has 0 atom stereocenters. The molecule has 1 fully saturated rings. The van der Waals surface area contributed by atoms with Crippen LogP contribution < -0.4 is 10.6 Å². The zero-order chi connectivity index (χ0) is 16.6. The summed E-state index contributed by atoms with van der Waals surface area (Å²) in [6.45, 7) is 5.61. The number of morpholine rings is 1. The highest BCUT2D eigenvalue weighted by Crippen LogP contribution is 2.10. The van der Waals surface area contributed by atoms with Crippen molar-refractivity contribution in [2.75, 3.05) is 44.7 Å². The molecule has 1 aromatic heterocycles. The highest BCUT2D eigenvalue weighted by atomic mass is 16.5. The first-order chi connectivity index (χ1) is 11.8. The SMILES string of the molecule is O=C(NCCN1CCOCC1)Nc1ccc(Cn2cccn2)cc1. The zero-order valence-electron chi connectivity index (χ0n) is 13.6. The Bertz CT molecular complexity index is 621. The van der Waals surface area contributed by atoms with Crippen molar-refractivity contribution in [2.45, 2.75) is 6.54 Å². The second-order valence-electron chi connectivity index (χ2n) is 5.74. The predicted molar refractivity (Wildman–Crippen MR) is 92.1 cm³/mol. The third-order valence-corrected chi connectivity index (χ3v) is 3.93. The van der Waals surface area contributed by atoms with Gasteiger partial charge >= 0.3 is 6.03 Å². The van der Waals surface area contributed by atoms with Crippen LogP contribution in [0, 0.1) is 0 Å². The lowest BCUT2D eigenvalue weighted by Crippen LogP contribution is -2.42. The summed E-state index contributed by atoms with van der Waals surface area (Å²) < 4.78 is 7.16. The molecule has 0 spiro atoms.